The highest BCUT2D eigenvalue weighted by molar-refractivity contribution is 7.84. The smallest absolute Gasteiger partial charge is 0.149 e. The zero-order chi connectivity index (χ0) is 13.5. The Morgan fingerprint density at radius 3 is 3.10 bits per heavy atom. The molecule has 20 heavy (non-hydrogen) atoms. The molecule has 0 N–H and O–H groups in total. The predicted molar refractivity (Wildman–Crippen MR) is 72.6 cm³/mol. The number of hydrogen-bond acceptors (Lipinski definition) is 5. The summed E-state index contributed by atoms with van der Waals surface area (Å²) in [6.07, 6.45) is 5.53. The first-order valence-electron chi connectivity index (χ1n) is 6.47. The van der Waals surface area contributed by atoms with Gasteiger partial charge in [0.1, 0.15) is 16.4 Å². The summed E-state index contributed by atoms with van der Waals surface area (Å²) in [6.45, 7) is 0. The Morgan fingerprint density at radius 2 is 2.25 bits per heavy atom. The first kappa shape index (κ1) is 11.8. The van der Waals surface area contributed by atoms with Crippen molar-refractivity contribution in [3.63, 3.8) is 0 Å². The summed E-state index contributed by atoms with van der Waals surface area (Å²) in [7, 11) is -1.27. The number of furan rings is 1. The molecule has 4 rings (SSSR count). The molecule has 0 bridgehead atoms. The van der Waals surface area contributed by atoms with Crippen molar-refractivity contribution in [2.24, 2.45) is 0 Å². The number of aromatic nitrogens is 2. The van der Waals surface area contributed by atoms with Crippen molar-refractivity contribution >= 4 is 21.8 Å². The molecule has 5 nitrogen and oxygen atoms in total. The van der Waals surface area contributed by atoms with E-state index < -0.39 is 10.8 Å². The van der Waals surface area contributed by atoms with Crippen LogP contribution in [0, 0.1) is 0 Å². The van der Waals surface area contributed by atoms with Crippen molar-refractivity contribution in [1.82, 2.24) is 10.1 Å². The Hall–Kier alpha value is -1.95. The van der Waals surface area contributed by atoms with Crippen molar-refractivity contribution in [2.75, 3.05) is 0 Å². The number of hydrogen-bond donors (Lipinski definition) is 0. The van der Waals surface area contributed by atoms with Gasteiger partial charge in [-0.15, -0.1) is 0 Å². The van der Waals surface area contributed by atoms with Gasteiger partial charge in [0.25, 0.3) is 0 Å². The average Bonchev–Trinajstić information content (AvgIpc) is 3.00. The first-order chi connectivity index (χ1) is 9.81. The third-order valence-electron chi connectivity index (χ3n) is 3.41. The standard InChI is InChI=1S/C14H12N2O3S/c17-20(8-10-7-12(16-19-10)9-1-2-9)14-11-4-6-18-13(11)3-5-15-14/h3-7,9H,1-2,8H2. The van der Waals surface area contributed by atoms with Crippen LogP contribution >= 0.6 is 0 Å². The van der Waals surface area contributed by atoms with E-state index in [1.807, 2.05) is 6.07 Å². The fourth-order valence-electron chi connectivity index (χ4n) is 2.22. The molecule has 0 spiro atoms. The summed E-state index contributed by atoms with van der Waals surface area (Å²) in [5.74, 6) is 1.47. The third kappa shape index (κ3) is 2.06. The van der Waals surface area contributed by atoms with E-state index in [9.17, 15) is 4.21 Å². The molecule has 0 aliphatic heterocycles. The highest BCUT2D eigenvalue weighted by Crippen LogP contribution is 2.39. The normalized spacial score (nSPS) is 16.6. The van der Waals surface area contributed by atoms with Gasteiger partial charge in [0.15, 0.2) is 0 Å². The molecule has 0 aromatic carbocycles. The van der Waals surface area contributed by atoms with Crippen molar-refractivity contribution in [2.45, 2.75) is 29.5 Å². The van der Waals surface area contributed by atoms with Gasteiger partial charge in [-0.25, -0.2) is 4.98 Å². The minimum Gasteiger partial charge on any atom is -0.464 e. The van der Waals surface area contributed by atoms with Crippen LogP contribution < -0.4 is 0 Å². The molecule has 0 radical (unpaired) electrons. The third-order valence-corrected chi connectivity index (χ3v) is 4.71. The zero-order valence-electron chi connectivity index (χ0n) is 10.6. The van der Waals surface area contributed by atoms with Crippen molar-refractivity contribution in [3.05, 3.63) is 42.1 Å². The molecule has 6 heteroatoms. The van der Waals surface area contributed by atoms with Gasteiger partial charge >= 0.3 is 0 Å². The molecule has 3 aromatic heterocycles. The Kier molecular flexibility index (Phi) is 2.70. The molecule has 3 heterocycles. The molecule has 3 aromatic rings. The van der Waals surface area contributed by atoms with E-state index in [0.29, 0.717) is 22.3 Å². The second kappa shape index (κ2) is 4.56. The largest absolute Gasteiger partial charge is 0.464 e. The van der Waals surface area contributed by atoms with Crippen LogP contribution in [0.4, 0.5) is 0 Å². The summed E-state index contributed by atoms with van der Waals surface area (Å²) in [5.41, 5.74) is 1.67. The van der Waals surface area contributed by atoms with E-state index in [2.05, 4.69) is 10.1 Å². The van der Waals surface area contributed by atoms with Crippen LogP contribution in [0.5, 0.6) is 0 Å². The molecule has 1 atom stereocenters. The van der Waals surface area contributed by atoms with Gasteiger partial charge in [0.2, 0.25) is 0 Å². The maximum atomic E-state index is 12.4. The number of pyridine rings is 1. The summed E-state index contributed by atoms with van der Waals surface area (Å²) in [6, 6.07) is 5.45. The Labute approximate surface area is 117 Å². The van der Waals surface area contributed by atoms with Crippen molar-refractivity contribution < 1.29 is 13.1 Å². The van der Waals surface area contributed by atoms with Gasteiger partial charge in [-0.3, -0.25) is 4.21 Å². The zero-order valence-corrected chi connectivity index (χ0v) is 11.4. The molecule has 1 fully saturated rings. The molecule has 1 aliphatic rings. The van der Waals surface area contributed by atoms with Crippen LogP contribution in [0.25, 0.3) is 11.0 Å². The quantitative estimate of drug-likeness (QED) is 0.738. The fourth-order valence-corrected chi connectivity index (χ4v) is 3.34. The van der Waals surface area contributed by atoms with E-state index in [0.717, 1.165) is 11.1 Å². The molecule has 1 unspecified atom stereocenters. The van der Waals surface area contributed by atoms with Crippen LogP contribution in [-0.2, 0) is 16.6 Å². The lowest BCUT2D eigenvalue weighted by atomic mass is 10.3. The van der Waals surface area contributed by atoms with Crippen LogP contribution in [0.1, 0.15) is 30.2 Å². The SMILES string of the molecule is O=S(Cc1cc(C2CC2)no1)c1nccc2occc12. The van der Waals surface area contributed by atoms with E-state index in [1.165, 1.54) is 12.8 Å². The summed E-state index contributed by atoms with van der Waals surface area (Å²) in [5, 5.41) is 5.34. The highest BCUT2D eigenvalue weighted by atomic mass is 32.2. The Bertz CT molecular complexity index is 788. The highest BCUT2D eigenvalue weighted by Gasteiger charge is 2.27. The average molecular weight is 288 g/mol. The topological polar surface area (TPSA) is 69.1 Å². The molecule has 1 saturated carbocycles. The Balaban J connectivity index is 1.61. The van der Waals surface area contributed by atoms with Crippen molar-refractivity contribution in [3.8, 4) is 0 Å². The Morgan fingerprint density at radius 1 is 1.35 bits per heavy atom. The monoisotopic (exact) mass is 288 g/mol. The maximum Gasteiger partial charge on any atom is 0.149 e. The minimum absolute atomic E-state index is 0.289. The summed E-state index contributed by atoms with van der Waals surface area (Å²) < 4.78 is 23.0. The summed E-state index contributed by atoms with van der Waals surface area (Å²) >= 11 is 0. The summed E-state index contributed by atoms with van der Waals surface area (Å²) in [4.78, 5) is 4.21. The second-order valence-electron chi connectivity index (χ2n) is 4.93. The number of rotatable bonds is 4. The predicted octanol–water partition coefficient (Wildman–Crippen LogP) is 3.00. The lowest BCUT2D eigenvalue weighted by molar-refractivity contribution is 0.387. The van der Waals surface area contributed by atoms with Crippen molar-refractivity contribution in [1.29, 1.82) is 0 Å². The van der Waals surface area contributed by atoms with E-state index in [-0.39, 0.29) is 5.75 Å². The van der Waals surface area contributed by atoms with Gasteiger partial charge in [-0.2, -0.15) is 0 Å². The molecule has 1 aliphatic carbocycles. The number of fused-ring (bicyclic) bond motifs is 1. The lowest BCUT2D eigenvalue weighted by Gasteiger charge is -1.99. The van der Waals surface area contributed by atoms with Crippen LogP contribution in [0.15, 0.2) is 44.6 Å². The molecule has 0 amide bonds. The van der Waals surface area contributed by atoms with Gasteiger partial charge in [-0.05, 0) is 25.0 Å². The van der Waals surface area contributed by atoms with Gasteiger partial charge in [0, 0.05) is 18.2 Å². The van der Waals surface area contributed by atoms with E-state index >= 15 is 0 Å². The maximum absolute atomic E-state index is 12.4. The molecular weight excluding hydrogens is 276 g/mol. The van der Waals surface area contributed by atoms with Gasteiger partial charge in [-0.1, -0.05) is 5.16 Å². The van der Waals surface area contributed by atoms with Crippen LogP contribution in [-0.4, -0.2) is 14.3 Å². The number of nitrogens with zero attached hydrogens (tertiary/aromatic N) is 2. The fraction of sp³-hybridized carbons (Fsp3) is 0.286. The van der Waals surface area contributed by atoms with E-state index in [4.69, 9.17) is 8.94 Å². The molecule has 102 valence electrons. The minimum atomic E-state index is -1.27. The van der Waals surface area contributed by atoms with Crippen LogP contribution in [0.2, 0.25) is 0 Å². The van der Waals surface area contributed by atoms with E-state index in [1.54, 1.807) is 24.6 Å². The second-order valence-corrected chi connectivity index (χ2v) is 6.30. The van der Waals surface area contributed by atoms with Gasteiger partial charge in [0.05, 0.1) is 33.9 Å². The molecule has 0 saturated heterocycles. The van der Waals surface area contributed by atoms with Crippen LogP contribution in [0.3, 0.4) is 0 Å². The first-order valence-corrected chi connectivity index (χ1v) is 7.79. The molecular formula is C14H12N2O3S. The lowest BCUT2D eigenvalue weighted by Crippen LogP contribution is -1.98. The van der Waals surface area contributed by atoms with Gasteiger partial charge < -0.3 is 8.94 Å².